The second-order valence-electron chi connectivity index (χ2n) is 9.36. The number of fused-ring (bicyclic) bond motifs is 2. The van der Waals surface area contributed by atoms with Crippen molar-refractivity contribution < 1.29 is 9.59 Å². The number of ketones is 1. The van der Waals surface area contributed by atoms with E-state index >= 15 is 0 Å². The number of nitrogens with one attached hydrogen (secondary N) is 2. The third kappa shape index (κ3) is 4.29. The fraction of sp³-hybridized carbons (Fsp3) is 0.103. The van der Waals surface area contributed by atoms with Gasteiger partial charge in [-0.3, -0.25) is 24.0 Å². The summed E-state index contributed by atoms with van der Waals surface area (Å²) in [6.45, 7) is 1.79. The third-order valence-corrected chi connectivity index (χ3v) is 6.79. The van der Waals surface area contributed by atoms with Gasteiger partial charge in [0.15, 0.2) is 17.2 Å². The van der Waals surface area contributed by atoms with Crippen molar-refractivity contribution in [3.63, 3.8) is 0 Å². The van der Waals surface area contributed by atoms with E-state index in [4.69, 9.17) is 5.73 Å². The number of hydrogen-bond acceptors (Lipinski definition) is 7. The molecule has 0 aliphatic heterocycles. The minimum atomic E-state index is -0.612. The van der Waals surface area contributed by atoms with Crippen LogP contribution in [0.1, 0.15) is 44.9 Å². The maximum absolute atomic E-state index is 14.2. The van der Waals surface area contributed by atoms with E-state index in [-0.39, 0.29) is 29.1 Å². The van der Waals surface area contributed by atoms with Crippen LogP contribution in [0.5, 0.6) is 0 Å². The van der Waals surface area contributed by atoms with Crippen molar-refractivity contribution in [2.75, 3.05) is 5.73 Å². The minimum Gasteiger partial charge on any atom is -0.381 e. The Morgan fingerprint density at radius 1 is 1.10 bits per heavy atom. The number of H-pyrrole nitrogens is 1. The molecule has 6 aromatic rings. The van der Waals surface area contributed by atoms with Gasteiger partial charge >= 0.3 is 0 Å². The number of amides is 1. The first-order chi connectivity index (χ1) is 19.4. The Labute approximate surface area is 227 Å². The molecule has 198 valence electrons. The van der Waals surface area contributed by atoms with Gasteiger partial charge in [0.2, 0.25) is 0 Å². The summed E-state index contributed by atoms with van der Waals surface area (Å²) in [6.07, 6.45) is 6.24. The van der Waals surface area contributed by atoms with Crippen molar-refractivity contribution >= 4 is 33.9 Å². The first kappa shape index (κ1) is 24.7. The van der Waals surface area contributed by atoms with E-state index in [2.05, 4.69) is 25.6 Å². The number of rotatable bonds is 7. The van der Waals surface area contributed by atoms with Crippen LogP contribution in [0.4, 0.5) is 5.82 Å². The van der Waals surface area contributed by atoms with E-state index < -0.39 is 11.9 Å². The fourth-order valence-electron chi connectivity index (χ4n) is 4.91. The number of nitrogens with two attached hydrogens (primary N) is 1. The molecule has 1 unspecified atom stereocenters. The largest absolute Gasteiger partial charge is 0.381 e. The van der Waals surface area contributed by atoms with Crippen molar-refractivity contribution in [3.05, 3.63) is 118 Å². The molecule has 0 fully saturated rings. The molecular formula is C29H24N8O3. The predicted octanol–water partition coefficient (Wildman–Crippen LogP) is 3.26. The van der Waals surface area contributed by atoms with Gasteiger partial charge in [-0.15, -0.1) is 5.10 Å². The Morgan fingerprint density at radius 2 is 1.93 bits per heavy atom. The molecule has 1 atom stereocenters. The van der Waals surface area contributed by atoms with Gasteiger partial charge < -0.3 is 11.1 Å². The van der Waals surface area contributed by atoms with Crippen LogP contribution in [0.25, 0.3) is 22.1 Å². The number of para-hydroxylation sites is 1. The van der Waals surface area contributed by atoms with Crippen molar-refractivity contribution in [3.8, 4) is 5.69 Å². The van der Waals surface area contributed by atoms with Crippen molar-refractivity contribution in [2.24, 2.45) is 0 Å². The van der Waals surface area contributed by atoms with Crippen molar-refractivity contribution in [2.45, 2.75) is 19.4 Å². The summed E-state index contributed by atoms with van der Waals surface area (Å²) in [5.74, 6) is -0.573. The lowest BCUT2D eigenvalue weighted by atomic mass is 9.98. The molecule has 0 saturated heterocycles. The highest BCUT2D eigenvalue weighted by Crippen LogP contribution is 2.25. The molecular weight excluding hydrogens is 508 g/mol. The number of hydrogen-bond donors (Lipinski definition) is 3. The lowest BCUT2D eigenvalue weighted by Gasteiger charge is -2.21. The lowest BCUT2D eigenvalue weighted by molar-refractivity contribution is 0.0939. The van der Waals surface area contributed by atoms with Gasteiger partial charge in [-0.05, 0) is 42.1 Å². The number of nitrogen functional groups attached to an aromatic ring is 1. The Balaban J connectivity index is 1.46. The third-order valence-electron chi connectivity index (χ3n) is 6.79. The minimum absolute atomic E-state index is 0.0353. The number of pyridine rings is 1. The van der Waals surface area contributed by atoms with Crippen LogP contribution < -0.4 is 16.6 Å². The normalized spacial score (nSPS) is 12.0. The van der Waals surface area contributed by atoms with Crippen molar-refractivity contribution in [1.82, 2.24) is 34.7 Å². The van der Waals surface area contributed by atoms with E-state index in [0.717, 1.165) is 0 Å². The summed E-state index contributed by atoms with van der Waals surface area (Å²) in [5.41, 5.74) is 8.46. The SMILES string of the molecule is CC(NC(=O)c1c(N)nn2cccnc12)c1cc2cccc(CC(=O)c3cn[nH]c3)c2c(=O)n1-c1ccccc1. The Hall–Kier alpha value is -5.58. The Bertz CT molecular complexity index is 1940. The molecule has 0 aliphatic carbocycles. The predicted molar refractivity (Wildman–Crippen MR) is 149 cm³/mol. The van der Waals surface area contributed by atoms with E-state index in [9.17, 15) is 14.4 Å². The van der Waals surface area contributed by atoms with Gasteiger partial charge in [-0.25, -0.2) is 9.50 Å². The summed E-state index contributed by atoms with van der Waals surface area (Å²) in [5, 5.41) is 14.7. The van der Waals surface area contributed by atoms with Gasteiger partial charge in [0.25, 0.3) is 11.5 Å². The monoisotopic (exact) mass is 532 g/mol. The molecule has 2 aromatic carbocycles. The van der Waals surface area contributed by atoms with Gasteiger partial charge in [-0.2, -0.15) is 5.10 Å². The number of carbonyl (C=O) groups excluding carboxylic acids is 2. The summed E-state index contributed by atoms with van der Waals surface area (Å²) in [4.78, 5) is 44.7. The van der Waals surface area contributed by atoms with Gasteiger partial charge in [0, 0.05) is 36.4 Å². The number of benzene rings is 2. The average molecular weight is 533 g/mol. The number of aromatic amines is 1. The Morgan fingerprint density at radius 3 is 2.70 bits per heavy atom. The molecule has 1 amide bonds. The molecule has 0 saturated carbocycles. The molecule has 0 spiro atoms. The molecule has 4 aromatic heterocycles. The maximum atomic E-state index is 14.2. The molecule has 4 heterocycles. The van der Waals surface area contributed by atoms with E-state index in [1.807, 2.05) is 48.5 Å². The van der Waals surface area contributed by atoms with E-state index in [1.54, 1.807) is 36.0 Å². The summed E-state index contributed by atoms with van der Waals surface area (Å²) < 4.78 is 3.01. The summed E-state index contributed by atoms with van der Waals surface area (Å²) in [6, 6.07) is 17.5. The van der Waals surface area contributed by atoms with Crippen LogP contribution in [0, 0.1) is 0 Å². The number of nitrogens with zero attached hydrogens (tertiary/aromatic N) is 5. The summed E-state index contributed by atoms with van der Waals surface area (Å²) in [7, 11) is 0. The highest BCUT2D eigenvalue weighted by Gasteiger charge is 2.24. The van der Waals surface area contributed by atoms with E-state index in [0.29, 0.717) is 38.9 Å². The molecule has 0 aliphatic rings. The van der Waals surface area contributed by atoms with Gasteiger partial charge in [0.1, 0.15) is 5.56 Å². The highest BCUT2D eigenvalue weighted by molar-refractivity contribution is 6.04. The number of carbonyl (C=O) groups is 2. The summed E-state index contributed by atoms with van der Waals surface area (Å²) >= 11 is 0. The molecule has 6 rings (SSSR count). The standard InChI is InChI=1S/C29H24N8O3/c1-17(34-28(39)25-26(30)35-36-12-6-11-31-27(25)36)22-13-18-7-5-8-19(14-23(38)20-15-32-33-16-20)24(18)29(40)37(22)21-9-3-2-4-10-21/h2-13,15-17H,14H2,1H3,(H2,30,35)(H,32,33)(H,34,39). The lowest BCUT2D eigenvalue weighted by Crippen LogP contribution is -2.32. The van der Waals surface area contributed by atoms with Gasteiger partial charge in [0.05, 0.1) is 23.2 Å². The van der Waals surface area contributed by atoms with Crippen molar-refractivity contribution in [1.29, 1.82) is 0 Å². The zero-order chi connectivity index (χ0) is 27.8. The van der Waals surface area contributed by atoms with Crippen LogP contribution >= 0.6 is 0 Å². The molecule has 4 N–H and O–H groups in total. The topological polar surface area (TPSA) is 153 Å². The fourth-order valence-corrected chi connectivity index (χ4v) is 4.91. The van der Waals surface area contributed by atoms with Crippen LogP contribution in [0.15, 0.2) is 90.2 Å². The molecule has 11 nitrogen and oxygen atoms in total. The number of anilines is 1. The quantitative estimate of drug-likeness (QED) is 0.267. The number of Topliss-reactive ketones (excluding diaryl/α,β-unsaturated/α-hetero) is 1. The first-order valence-electron chi connectivity index (χ1n) is 12.6. The number of aromatic nitrogens is 6. The van der Waals surface area contributed by atoms with Crippen LogP contribution in [0.2, 0.25) is 0 Å². The Kier molecular flexibility index (Phi) is 6.15. The second kappa shape index (κ2) is 9.95. The second-order valence-corrected chi connectivity index (χ2v) is 9.36. The average Bonchev–Trinajstić information content (AvgIpc) is 3.61. The molecule has 11 heteroatoms. The highest BCUT2D eigenvalue weighted by atomic mass is 16.2. The molecule has 0 radical (unpaired) electrons. The van der Waals surface area contributed by atoms with Crippen LogP contribution in [0.3, 0.4) is 0 Å². The van der Waals surface area contributed by atoms with Crippen LogP contribution in [-0.4, -0.2) is 41.1 Å². The maximum Gasteiger partial charge on any atom is 0.263 e. The van der Waals surface area contributed by atoms with Crippen LogP contribution in [-0.2, 0) is 6.42 Å². The molecule has 0 bridgehead atoms. The zero-order valence-electron chi connectivity index (χ0n) is 21.4. The zero-order valence-corrected chi connectivity index (χ0v) is 21.4. The first-order valence-corrected chi connectivity index (χ1v) is 12.6. The smallest absolute Gasteiger partial charge is 0.263 e. The molecule has 40 heavy (non-hydrogen) atoms. The van der Waals surface area contributed by atoms with E-state index in [1.165, 1.54) is 16.9 Å². The van der Waals surface area contributed by atoms with Gasteiger partial charge in [-0.1, -0.05) is 36.4 Å².